The minimum atomic E-state index is 0.556. The van der Waals surface area contributed by atoms with Crippen molar-refractivity contribution in [3.63, 3.8) is 0 Å². The molecule has 2 nitrogen and oxygen atoms in total. The molecular weight excluding hydrogens is 160 g/mol. The fourth-order valence-electron chi connectivity index (χ4n) is 1.00. The number of benzene rings is 1. The van der Waals surface area contributed by atoms with Crippen molar-refractivity contribution in [2.75, 3.05) is 26.0 Å². The van der Waals surface area contributed by atoms with Gasteiger partial charge in [0.2, 0.25) is 0 Å². The topological polar surface area (TPSA) is 15.3 Å². The highest BCUT2D eigenvalue weighted by atomic mass is 15.1. The zero-order chi connectivity index (χ0) is 9.68. The second-order valence-electron chi connectivity index (χ2n) is 3.56. The Morgan fingerprint density at radius 3 is 2.38 bits per heavy atom. The zero-order valence-corrected chi connectivity index (χ0v) is 8.62. The van der Waals surface area contributed by atoms with Crippen LogP contribution in [0.1, 0.15) is 6.92 Å². The minimum absolute atomic E-state index is 0.556. The minimum Gasteiger partial charge on any atom is -0.383 e. The van der Waals surface area contributed by atoms with Gasteiger partial charge in [0.15, 0.2) is 0 Å². The molecule has 1 aromatic carbocycles. The van der Waals surface area contributed by atoms with E-state index in [9.17, 15) is 0 Å². The summed E-state index contributed by atoms with van der Waals surface area (Å²) in [6.45, 7) is 3.19. The van der Waals surface area contributed by atoms with E-state index in [0.717, 1.165) is 6.54 Å². The van der Waals surface area contributed by atoms with E-state index in [4.69, 9.17) is 0 Å². The van der Waals surface area contributed by atoms with Gasteiger partial charge in [0, 0.05) is 18.3 Å². The first-order chi connectivity index (χ1) is 6.20. The summed E-state index contributed by atoms with van der Waals surface area (Å²) in [6, 6.07) is 10.8. The lowest BCUT2D eigenvalue weighted by Gasteiger charge is -2.20. The molecule has 0 aliphatic carbocycles. The monoisotopic (exact) mass is 178 g/mol. The van der Waals surface area contributed by atoms with Gasteiger partial charge in [-0.05, 0) is 33.2 Å². The lowest BCUT2D eigenvalue weighted by Crippen LogP contribution is -2.31. The SMILES string of the molecule is CC(CNc1ccccc1)N(C)C. The highest BCUT2D eigenvalue weighted by Crippen LogP contribution is 2.05. The van der Waals surface area contributed by atoms with Crippen molar-refractivity contribution in [1.29, 1.82) is 0 Å². The standard InChI is InChI=1S/C11H18N2/c1-10(13(2)3)9-12-11-7-5-4-6-8-11/h4-8,10,12H,9H2,1-3H3. The van der Waals surface area contributed by atoms with Gasteiger partial charge in [-0.25, -0.2) is 0 Å². The number of likely N-dealkylation sites (N-methyl/N-ethyl adjacent to an activating group) is 1. The average Bonchev–Trinajstić information content (AvgIpc) is 2.15. The summed E-state index contributed by atoms with van der Waals surface area (Å²) in [5.41, 5.74) is 1.19. The van der Waals surface area contributed by atoms with Gasteiger partial charge in [-0.15, -0.1) is 0 Å². The maximum Gasteiger partial charge on any atom is 0.0340 e. The lowest BCUT2D eigenvalue weighted by molar-refractivity contribution is 0.326. The van der Waals surface area contributed by atoms with Crippen LogP contribution in [0.5, 0.6) is 0 Å². The Morgan fingerprint density at radius 1 is 1.23 bits per heavy atom. The number of hydrogen-bond donors (Lipinski definition) is 1. The fraction of sp³-hybridized carbons (Fsp3) is 0.455. The molecule has 0 saturated carbocycles. The molecule has 0 spiro atoms. The van der Waals surface area contributed by atoms with E-state index in [2.05, 4.69) is 43.4 Å². The van der Waals surface area contributed by atoms with Crippen LogP contribution in [0.25, 0.3) is 0 Å². The van der Waals surface area contributed by atoms with Crippen molar-refractivity contribution in [2.45, 2.75) is 13.0 Å². The molecule has 0 amide bonds. The largest absolute Gasteiger partial charge is 0.383 e. The molecule has 1 rings (SSSR count). The molecule has 1 N–H and O–H groups in total. The van der Waals surface area contributed by atoms with Gasteiger partial charge in [-0.3, -0.25) is 0 Å². The normalized spacial score (nSPS) is 12.9. The van der Waals surface area contributed by atoms with E-state index in [1.165, 1.54) is 5.69 Å². The van der Waals surface area contributed by atoms with Gasteiger partial charge >= 0.3 is 0 Å². The first-order valence-corrected chi connectivity index (χ1v) is 4.65. The van der Waals surface area contributed by atoms with Crippen LogP contribution in [0.3, 0.4) is 0 Å². The molecule has 0 radical (unpaired) electrons. The van der Waals surface area contributed by atoms with Gasteiger partial charge in [0.1, 0.15) is 0 Å². The Labute approximate surface area is 80.6 Å². The van der Waals surface area contributed by atoms with Crippen molar-refractivity contribution in [3.05, 3.63) is 30.3 Å². The summed E-state index contributed by atoms with van der Waals surface area (Å²) in [5, 5.41) is 3.38. The van der Waals surface area contributed by atoms with E-state index in [1.54, 1.807) is 0 Å². The Kier molecular flexibility index (Phi) is 3.77. The van der Waals surface area contributed by atoms with Crippen molar-refractivity contribution < 1.29 is 0 Å². The van der Waals surface area contributed by atoms with Crippen molar-refractivity contribution in [1.82, 2.24) is 4.90 Å². The Balaban J connectivity index is 2.35. The molecular formula is C11H18N2. The van der Waals surface area contributed by atoms with Gasteiger partial charge in [-0.2, -0.15) is 0 Å². The fourth-order valence-corrected chi connectivity index (χ4v) is 1.00. The number of para-hydroxylation sites is 1. The van der Waals surface area contributed by atoms with Crippen LogP contribution in [0.15, 0.2) is 30.3 Å². The maximum absolute atomic E-state index is 3.38. The van der Waals surface area contributed by atoms with E-state index in [1.807, 2.05) is 18.2 Å². The summed E-state index contributed by atoms with van der Waals surface area (Å²) in [4.78, 5) is 2.20. The molecule has 0 fully saturated rings. The number of anilines is 1. The molecule has 0 heterocycles. The smallest absolute Gasteiger partial charge is 0.0340 e. The highest BCUT2D eigenvalue weighted by Gasteiger charge is 2.02. The van der Waals surface area contributed by atoms with Gasteiger partial charge in [0.25, 0.3) is 0 Å². The second-order valence-corrected chi connectivity index (χ2v) is 3.56. The maximum atomic E-state index is 3.38. The molecule has 2 heteroatoms. The number of nitrogens with zero attached hydrogens (tertiary/aromatic N) is 1. The van der Waals surface area contributed by atoms with Crippen LogP contribution in [0.2, 0.25) is 0 Å². The molecule has 0 aliphatic heterocycles. The van der Waals surface area contributed by atoms with Crippen LogP contribution in [0, 0.1) is 0 Å². The third kappa shape index (κ3) is 3.47. The van der Waals surface area contributed by atoms with Gasteiger partial charge in [-0.1, -0.05) is 18.2 Å². The molecule has 1 aromatic rings. The first-order valence-electron chi connectivity index (χ1n) is 4.65. The zero-order valence-electron chi connectivity index (χ0n) is 8.62. The lowest BCUT2D eigenvalue weighted by atomic mass is 10.3. The van der Waals surface area contributed by atoms with Crippen LogP contribution in [0.4, 0.5) is 5.69 Å². The summed E-state index contributed by atoms with van der Waals surface area (Å²) in [7, 11) is 4.19. The van der Waals surface area contributed by atoms with E-state index in [0.29, 0.717) is 6.04 Å². The van der Waals surface area contributed by atoms with Crippen LogP contribution in [-0.2, 0) is 0 Å². The van der Waals surface area contributed by atoms with Crippen LogP contribution < -0.4 is 5.32 Å². The van der Waals surface area contributed by atoms with Crippen LogP contribution in [-0.4, -0.2) is 31.6 Å². The molecule has 72 valence electrons. The predicted octanol–water partition coefficient (Wildman–Crippen LogP) is 2.05. The van der Waals surface area contributed by atoms with E-state index >= 15 is 0 Å². The Morgan fingerprint density at radius 2 is 1.85 bits per heavy atom. The third-order valence-corrected chi connectivity index (χ3v) is 2.26. The quantitative estimate of drug-likeness (QED) is 0.759. The average molecular weight is 178 g/mol. The van der Waals surface area contributed by atoms with Crippen molar-refractivity contribution in [2.24, 2.45) is 0 Å². The molecule has 0 aromatic heterocycles. The molecule has 0 saturated heterocycles. The van der Waals surface area contributed by atoms with Crippen molar-refractivity contribution in [3.8, 4) is 0 Å². The summed E-state index contributed by atoms with van der Waals surface area (Å²) in [6.07, 6.45) is 0. The predicted molar refractivity (Wildman–Crippen MR) is 58.1 cm³/mol. The summed E-state index contributed by atoms with van der Waals surface area (Å²) < 4.78 is 0. The molecule has 13 heavy (non-hydrogen) atoms. The van der Waals surface area contributed by atoms with Crippen molar-refractivity contribution >= 4 is 5.69 Å². The molecule has 1 unspecified atom stereocenters. The second kappa shape index (κ2) is 4.87. The number of nitrogens with one attached hydrogen (secondary N) is 1. The molecule has 1 atom stereocenters. The highest BCUT2D eigenvalue weighted by molar-refractivity contribution is 5.42. The third-order valence-electron chi connectivity index (χ3n) is 2.26. The molecule has 0 aliphatic rings. The van der Waals surface area contributed by atoms with E-state index in [-0.39, 0.29) is 0 Å². The first kappa shape index (κ1) is 10.1. The van der Waals surface area contributed by atoms with E-state index < -0.39 is 0 Å². The Hall–Kier alpha value is -1.02. The number of rotatable bonds is 4. The Bertz CT molecular complexity index is 231. The summed E-state index contributed by atoms with van der Waals surface area (Å²) >= 11 is 0. The summed E-state index contributed by atoms with van der Waals surface area (Å²) in [5.74, 6) is 0. The van der Waals surface area contributed by atoms with Crippen LogP contribution >= 0.6 is 0 Å². The van der Waals surface area contributed by atoms with Gasteiger partial charge < -0.3 is 10.2 Å². The molecule has 0 bridgehead atoms. The van der Waals surface area contributed by atoms with Gasteiger partial charge in [0.05, 0.1) is 0 Å². The number of hydrogen-bond acceptors (Lipinski definition) is 2.